The van der Waals surface area contributed by atoms with Crippen molar-refractivity contribution < 1.29 is 27.8 Å². The monoisotopic (exact) mass is 551 g/mol. The largest absolute Gasteiger partial charge is 0.479 e. The number of carbonyl (C=O) groups is 1. The van der Waals surface area contributed by atoms with Crippen molar-refractivity contribution >= 4 is 28.4 Å². The van der Waals surface area contributed by atoms with Crippen molar-refractivity contribution in [3.8, 4) is 11.1 Å². The van der Waals surface area contributed by atoms with E-state index in [2.05, 4.69) is 9.55 Å². The summed E-state index contributed by atoms with van der Waals surface area (Å²) >= 11 is 0. The van der Waals surface area contributed by atoms with Crippen LogP contribution >= 0.6 is 0 Å². The van der Waals surface area contributed by atoms with Gasteiger partial charge in [0.1, 0.15) is 11.5 Å². The summed E-state index contributed by atoms with van der Waals surface area (Å²) < 4.78 is 49.1. The Kier molecular flexibility index (Phi) is 6.69. The summed E-state index contributed by atoms with van der Waals surface area (Å²) in [5.74, 6) is -0.990. The Morgan fingerprint density at radius 1 is 1.02 bits per heavy atom. The van der Waals surface area contributed by atoms with Crippen LogP contribution in [0.3, 0.4) is 0 Å². The Hall–Kier alpha value is -3.85. The molecular weight excluding hydrogens is 519 g/mol. The molecule has 0 saturated carbocycles. The van der Waals surface area contributed by atoms with E-state index in [0.29, 0.717) is 29.9 Å². The minimum atomic E-state index is -4.59. The number of aryl methyl sites for hydroxylation is 2. The first kappa shape index (κ1) is 27.7. The number of hydrogen-bond acceptors (Lipinski definition) is 4. The van der Waals surface area contributed by atoms with Crippen LogP contribution in [0.2, 0.25) is 0 Å². The summed E-state index contributed by atoms with van der Waals surface area (Å²) in [6.07, 6.45) is -5.92. The van der Waals surface area contributed by atoms with Crippen molar-refractivity contribution in [2.75, 3.05) is 11.4 Å². The highest BCUT2D eigenvalue weighted by Gasteiger charge is 2.37. The van der Waals surface area contributed by atoms with Gasteiger partial charge in [-0.25, -0.2) is 9.78 Å². The predicted molar refractivity (Wildman–Crippen MR) is 149 cm³/mol. The number of carboxylic acids is 1. The third-order valence-corrected chi connectivity index (χ3v) is 7.24. The third-order valence-electron chi connectivity index (χ3n) is 7.24. The zero-order valence-corrected chi connectivity index (χ0v) is 23.3. The predicted octanol–water partition coefficient (Wildman–Crippen LogP) is 7.74. The molecule has 0 bridgehead atoms. The summed E-state index contributed by atoms with van der Waals surface area (Å²) in [6, 6.07) is 13.8. The van der Waals surface area contributed by atoms with Gasteiger partial charge in [0.05, 0.1) is 16.8 Å². The van der Waals surface area contributed by atoms with E-state index in [1.54, 1.807) is 31.7 Å². The maximum atomic E-state index is 13.6. The summed E-state index contributed by atoms with van der Waals surface area (Å²) in [6.45, 7) is 12.1. The van der Waals surface area contributed by atoms with Crippen LogP contribution in [-0.4, -0.2) is 32.8 Å². The first-order valence-electron chi connectivity index (χ1n) is 13.1. The van der Waals surface area contributed by atoms with Crippen molar-refractivity contribution in [2.24, 2.45) is 0 Å². The van der Waals surface area contributed by atoms with Gasteiger partial charge < -0.3 is 19.3 Å². The molecule has 1 aliphatic heterocycles. The molecule has 5 rings (SSSR count). The zero-order chi connectivity index (χ0) is 29.1. The zero-order valence-electron chi connectivity index (χ0n) is 23.3. The second-order valence-corrected chi connectivity index (χ2v) is 11.3. The van der Waals surface area contributed by atoms with Gasteiger partial charge in [-0.2, -0.15) is 13.2 Å². The number of aliphatic carboxylic acids is 1. The lowest BCUT2D eigenvalue weighted by atomic mass is 9.87. The highest BCUT2D eigenvalue weighted by Crippen LogP contribution is 2.49. The number of hydrogen-bond donors (Lipinski definition) is 1. The fraction of sp³-hybridized carbons (Fsp3) is 0.355. The van der Waals surface area contributed by atoms with E-state index < -0.39 is 29.5 Å². The minimum absolute atomic E-state index is 0.155. The molecular formula is C31H32F3N3O3. The lowest BCUT2D eigenvalue weighted by molar-refractivity contribution is -0.160. The second-order valence-electron chi connectivity index (χ2n) is 11.3. The molecule has 4 aromatic rings. The number of ether oxygens (including phenoxy) is 1. The van der Waals surface area contributed by atoms with Crippen LogP contribution in [0.1, 0.15) is 55.0 Å². The van der Waals surface area contributed by atoms with Gasteiger partial charge in [0.15, 0.2) is 6.10 Å². The molecule has 0 saturated heterocycles. The second kappa shape index (κ2) is 9.66. The summed E-state index contributed by atoms with van der Waals surface area (Å²) in [5.41, 5.74) is 4.43. The maximum absolute atomic E-state index is 13.6. The quantitative estimate of drug-likeness (QED) is 0.275. The standard InChI is InChI=1S/C31H32F3N3O3/c1-17-10-12-20(13-11-17)25-21-16-18(2)36-14-15-37(23-9-7-8-22(35-23)31(32,33)34)26(27(21)36)19(3)24(25)28(29(38)39)40-30(4,5)6/h7-13,16,28H,14-15H2,1-6H3,(H,38,39)/t28-/m0/s1. The van der Waals surface area contributed by atoms with Gasteiger partial charge in [-0.3, -0.25) is 0 Å². The smallest absolute Gasteiger partial charge is 0.433 e. The summed E-state index contributed by atoms with van der Waals surface area (Å²) in [4.78, 5) is 18.6. The van der Waals surface area contributed by atoms with E-state index in [0.717, 1.165) is 39.4 Å². The third kappa shape index (κ3) is 4.83. The Morgan fingerprint density at radius 2 is 1.70 bits per heavy atom. The average Bonchev–Trinajstić information content (AvgIpc) is 3.20. The number of carboxylic acid groups (broad SMARTS) is 1. The van der Waals surface area contributed by atoms with Crippen LogP contribution in [0.25, 0.3) is 22.0 Å². The topological polar surface area (TPSA) is 67.6 Å². The molecule has 0 radical (unpaired) electrons. The van der Waals surface area contributed by atoms with Gasteiger partial charge in [-0.05, 0) is 76.4 Å². The number of rotatable bonds is 5. The molecule has 1 atom stereocenters. The fourth-order valence-corrected chi connectivity index (χ4v) is 5.60. The van der Waals surface area contributed by atoms with Crippen LogP contribution in [0.15, 0.2) is 48.5 Å². The molecule has 3 heterocycles. The molecule has 0 spiro atoms. The van der Waals surface area contributed by atoms with E-state index in [9.17, 15) is 23.1 Å². The molecule has 1 N–H and O–H groups in total. The summed E-state index contributed by atoms with van der Waals surface area (Å²) in [5, 5.41) is 11.3. The Balaban J connectivity index is 1.89. The molecule has 2 aromatic carbocycles. The molecule has 210 valence electrons. The molecule has 40 heavy (non-hydrogen) atoms. The normalized spacial score (nSPS) is 14.6. The van der Waals surface area contributed by atoms with E-state index in [1.165, 1.54) is 6.07 Å². The number of pyridine rings is 1. The van der Waals surface area contributed by atoms with Crippen molar-refractivity contribution in [3.05, 3.63) is 76.6 Å². The number of aromatic nitrogens is 2. The first-order valence-corrected chi connectivity index (χ1v) is 13.1. The van der Waals surface area contributed by atoms with Crippen molar-refractivity contribution in [2.45, 2.75) is 66.0 Å². The molecule has 0 unspecified atom stereocenters. The van der Waals surface area contributed by atoms with Gasteiger partial charge in [0.2, 0.25) is 0 Å². The Labute approximate surface area is 231 Å². The van der Waals surface area contributed by atoms with E-state index in [4.69, 9.17) is 4.74 Å². The lowest BCUT2D eigenvalue weighted by Crippen LogP contribution is -2.32. The van der Waals surface area contributed by atoms with Crippen LogP contribution < -0.4 is 4.90 Å². The Morgan fingerprint density at radius 3 is 2.30 bits per heavy atom. The molecule has 6 nitrogen and oxygen atoms in total. The molecule has 0 amide bonds. The molecule has 2 aromatic heterocycles. The SMILES string of the molecule is Cc1ccc(-c2c([C@H](OC(C)(C)C)C(=O)O)c(C)c3c4c2cc(C)n4CCN3c2cccc(C(F)(F)F)n2)cc1. The van der Waals surface area contributed by atoms with Crippen molar-refractivity contribution in [1.29, 1.82) is 0 Å². The number of alkyl halides is 3. The molecule has 0 fully saturated rings. The molecule has 9 heteroatoms. The van der Waals surface area contributed by atoms with Gasteiger partial charge in [-0.1, -0.05) is 35.9 Å². The molecule has 0 aliphatic carbocycles. The van der Waals surface area contributed by atoms with Gasteiger partial charge in [0, 0.05) is 29.7 Å². The highest BCUT2D eigenvalue weighted by atomic mass is 19.4. The van der Waals surface area contributed by atoms with Crippen LogP contribution in [0, 0.1) is 20.8 Å². The number of halogens is 3. The van der Waals surface area contributed by atoms with Gasteiger partial charge in [-0.15, -0.1) is 0 Å². The van der Waals surface area contributed by atoms with Crippen LogP contribution in [-0.2, 0) is 22.3 Å². The highest BCUT2D eigenvalue weighted by molar-refractivity contribution is 6.08. The van der Waals surface area contributed by atoms with Gasteiger partial charge >= 0.3 is 12.1 Å². The Bertz CT molecular complexity index is 1620. The van der Waals surface area contributed by atoms with Crippen LogP contribution in [0.4, 0.5) is 24.7 Å². The maximum Gasteiger partial charge on any atom is 0.433 e. The lowest BCUT2D eigenvalue weighted by Gasteiger charge is -2.35. The van der Waals surface area contributed by atoms with Crippen LogP contribution in [0.5, 0.6) is 0 Å². The van der Waals surface area contributed by atoms with E-state index in [1.807, 2.05) is 51.1 Å². The van der Waals surface area contributed by atoms with Crippen molar-refractivity contribution in [1.82, 2.24) is 9.55 Å². The fourth-order valence-electron chi connectivity index (χ4n) is 5.60. The number of benzene rings is 2. The first-order chi connectivity index (χ1) is 18.7. The van der Waals surface area contributed by atoms with Crippen molar-refractivity contribution in [3.63, 3.8) is 0 Å². The molecule has 1 aliphatic rings. The minimum Gasteiger partial charge on any atom is -0.479 e. The number of anilines is 2. The van der Waals surface area contributed by atoms with E-state index >= 15 is 0 Å². The summed E-state index contributed by atoms with van der Waals surface area (Å²) in [7, 11) is 0. The van der Waals surface area contributed by atoms with Gasteiger partial charge in [0.25, 0.3) is 0 Å². The number of nitrogens with zero attached hydrogens (tertiary/aromatic N) is 3. The van der Waals surface area contributed by atoms with E-state index in [-0.39, 0.29) is 5.82 Å². The average molecular weight is 552 g/mol.